The van der Waals surface area contributed by atoms with Gasteiger partial charge in [-0.15, -0.1) is 0 Å². The highest BCUT2D eigenvalue weighted by atomic mass is 16.5. The summed E-state index contributed by atoms with van der Waals surface area (Å²) >= 11 is 0. The molecule has 153 valence electrons. The Morgan fingerprint density at radius 1 is 1.17 bits per heavy atom. The number of carbonyl (C=O) groups is 2. The molecule has 29 heavy (non-hydrogen) atoms. The summed E-state index contributed by atoms with van der Waals surface area (Å²) in [5.74, 6) is -0.694. The molecule has 1 atom stereocenters. The van der Waals surface area contributed by atoms with E-state index in [-0.39, 0.29) is 11.9 Å². The van der Waals surface area contributed by atoms with Crippen molar-refractivity contribution in [1.82, 2.24) is 15.2 Å². The van der Waals surface area contributed by atoms with E-state index in [0.717, 1.165) is 56.3 Å². The fourth-order valence-electron chi connectivity index (χ4n) is 3.47. The molecule has 1 radical (unpaired) electrons. The van der Waals surface area contributed by atoms with Crippen molar-refractivity contribution in [2.45, 2.75) is 45.2 Å². The van der Waals surface area contributed by atoms with Gasteiger partial charge in [0.05, 0.1) is 12.8 Å². The van der Waals surface area contributed by atoms with Crippen molar-refractivity contribution in [3.05, 3.63) is 54.4 Å². The Kier molecular flexibility index (Phi) is 7.76. The fourth-order valence-corrected chi connectivity index (χ4v) is 3.47. The van der Waals surface area contributed by atoms with Crippen LogP contribution >= 0.6 is 0 Å². The molecule has 6 heteroatoms. The number of nitrogens with zero attached hydrogens (tertiary/aromatic N) is 2. The lowest BCUT2D eigenvalue weighted by Crippen LogP contribution is -2.55. The van der Waals surface area contributed by atoms with Gasteiger partial charge in [-0.3, -0.25) is 14.7 Å². The molecule has 1 unspecified atom stereocenters. The number of pyridine rings is 1. The van der Waals surface area contributed by atoms with Crippen LogP contribution in [-0.4, -0.2) is 47.6 Å². The van der Waals surface area contributed by atoms with Crippen LogP contribution < -0.4 is 5.32 Å². The molecular weight excluding hydrogens is 366 g/mol. The van der Waals surface area contributed by atoms with Crippen LogP contribution in [0.4, 0.5) is 0 Å². The lowest BCUT2D eigenvalue weighted by atomic mass is 10.0. The van der Waals surface area contributed by atoms with E-state index in [1.54, 1.807) is 12.3 Å². The Labute approximate surface area is 172 Å². The largest absolute Gasteiger partial charge is 0.463 e. The minimum Gasteiger partial charge on any atom is -0.463 e. The number of carbonyl (C=O) groups excluding carboxylic acids is 2. The Hall–Kier alpha value is -2.73. The van der Waals surface area contributed by atoms with Gasteiger partial charge in [0, 0.05) is 30.4 Å². The summed E-state index contributed by atoms with van der Waals surface area (Å²) in [7, 11) is 0. The van der Waals surface area contributed by atoms with Crippen LogP contribution in [0.5, 0.6) is 0 Å². The zero-order valence-electron chi connectivity index (χ0n) is 16.9. The van der Waals surface area contributed by atoms with Crippen LogP contribution in [0.1, 0.15) is 49.4 Å². The zero-order valence-corrected chi connectivity index (χ0v) is 16.9. The van der Waals surface area contributed by atoms with Crippen molar-refractivity contribution >= 4 is 11.9 Å². The van der Waals surface area contributed by atoms with Crippen LogP contribution in [0, 0.1) is 6.20 Å². The minimum atomic E-state index is -0.773. The first-order valence-corrected chi connectivity index (χ1v) is 10.3. The number of benzene rings is 1. The number of aromatic nitrogens is 1. The third-order valence-corrected chi connectivity index (χ3v) is 5.06. The number of ether oxygens (including phenoxy) is 1. The highest BCUT2D eigenvalue weighted by Gasteiger charge is 2.30. The number of likely N-dealkylation sites (tertiary alicyclic amines) is 1. The van der Waals surface area contributed by atoms with Crippen LogP contribution in [-0.2, 0) is 9.53 Å². The fraction of sp³-hybridized carbons (Fsp3) is 0.435. The lowest BCUT2D eigenvalue weighted by molar-refractivity contribution is -0.151. The number of esters is 1. The molecule has 1 fully saturated rings. The van der Waals surface area contributed by atoms with Crippen LogP contribution in [0.25, 0.3) is 11.1 Å². The highest BCUT2D eigenvalue weighted by molar-refractivity contribution is 6.02. The van der Waals surface area contributed by atoms with Gasteiger partial charge >= 0.3 is 5.97 Å². The summed E-state index contributed by atoms with van der Waals surface area (Å²) in [6, 6.07) is 11.0. The Morgan fingerprint density at radius 3 is 2.69 bits per heavy atom. The maximum absolute atomic E-state index is 13.1. The molecule has 2 aromatic rings. The average Bonchev–Trinajstić information content (AvgIpc) is 2.78. The van der Waals surface area contributed by atoms with Crippen molar-refractivity contribution in [2.24, 2.45) is 0 Å². The predicted molar refractivity (Wildman–Crippen MR) is 111 cm³/mol. The second-order valence-corrected chi connectivity index (χ2v) is 7.20. The third-order valence-electron chi connectivity index (χ3n) is 5.06. The number of piperidine rings is 1. The molecule has 1 aromatic carbocycles. The summed E-state index contributed by atoms with van der Waals surface area (Å²) in [5.41, 5.74) is 1.95. The van der Waals surface area contributed by atoms with Gasteiger partial charge in [0.25, 0.3) is 5.91 Å². The maximum Gasteiger partial charge on any atom is 0.344 e. The summed E-state index contributed by atoms with van der Waals surface area (Å²) in [6.45, 7) is 3.96. The second kappa shape index (κ2) is 10.7. The molecule has 1 N–H and O–H groups in total. The van der Waals surface area contributed by atoms with Gasteiger partial charge in [0.1, 0.15) is 0 Å². The topological polar surface area (TPSA) is 71.5 Å². The average molecular weight is 394 g/mol. The molecule has 6 nitrogen and oxygen atoms in total. The molecule has 0 bridgehead atoms. The van der Waals surface area contributed by atoms with Gasteiger partial charge < -0.3 is 10.1 Å². The van der Waals surface area contributed by atoms with Gasteiger partial charge in [-0.05, 0) is 37.0 Å². The van der Waals surface area contributed by atoms with E-state index >= 15 is 0 Å². The first-order chi connectivity index (χ1) is 14.2. The molecule has 1 amide bonds. The highest BCUT2D eigenvalue weighted by Crippen LogP contribution is 2.23. The SMILES string of the molecule is CCCCOC(=O)C(NC(=O)c1ccccc1-c1[c]nccc1)N1CCCCC1. The first-order valence-electron chi connectivity index (χ1n) is 10.3. The molecule has 1 aromatic heterocycles. The number of unbranched alkanes of at least 4 members (excludes halogenated alkanes) is 1. The predicted octanol–water partition coefficient (Wildman–Crippen LogP) is 3.43. The number of hydrogen-bond acceptors (Lipinski definition) is 5. The third kappa shape index (κ3) is 5.64. The zero-order chi connectivity index (χ0) is 20.5. The van der Waals surface area contributed by atoms with Crippen molar-refractivity contribution in [3.63, 3.8) is 0 Å². The number of rotatable bonds is 8. The number of hydrogen-bond donors (Lipinski definition) is 1. The van der Waals surface area contributed by atoms with Gasteiger partial charge in [-0.25, -0.2) is 4.79 Å². The summed E-state index contributed by atoms with van der Waals surface area (Å²) in [5, 5.41) is 2.92. The molecule has 0 aliphatic carbocycles. The lowest BCUT2D eigenvalue weighted by Gasteiger charge is -2.33. The van der Waals surface area contributed by atoms with E-state index in [1.165, 1.54) is 0 Å². The standard InChI is InChI=1S/C23H28N3O3/c1-2-3-16-29-23(28)21(26-14-7-4-8-15-26)25-22(27)20-12-6-5-11-19(20)18-10-9-13-24-17-18/h5-6,9-13,21H,2-4,7-8,14-16H2,1H3,(H,25,27). The van der Waals surface area contributed by atoms with Crippen molar-refractivity contribution in [1.29, 1.82) is 0 Å². The monoisotopic (exact) mass is 394 g/mol. The molecule has 1 aliphatic heterocycles. The van der Waals surface area contributed by atoms with Crippen molar-refractivity contribution in [2.75, 3.05) is 19.7 Å². The van der Waals surface area contributed by atoms with E-state index in [0.29, 0.717) is 12.2 Å². The van der Waals surface area contributed by atoms with Crippen molar-refractivity contribution < 1.29 is 14.3 Å². The van der Waals surface area contributed by atoms with Crippen LogP contribution in [0.3, 0.4) is 0 Å². The molecule has 1 saturated heterocycles. The first kappa shape index (κ1) is 21.0. The van der Waals surface area contributed by atoms with Gasteiger partial charge in [-0.1, -0.05) is 44.0 Å². The Morgan fingerprint density at radius 2 is 1.97 bits per heavy atom. The summed E-state index contributed by atoms with van der Waals surface area (Å²) < 4.78 is 5.44. The van der Waals surface area contributed by atoms with Crippen molar-refractivity contribution in [3.8, 4) is 11.1 Å². The van der Waals surface area contributed by atoms with E-state index in [2.05, 4.69) is 16.5 Å². The van der Waals surface area contributed by atoms with Gasteiger partial charge in [0.2, 0.25) is 0 Å². The molecule has 2 heterocycles. The Balaban J connectivity index is 1.80. The smallest absolute Gasteiger partial charge is 0.344 e. The van der Waals surface area contributed by atoms with E-state index < -0.39 is 6.17 Å². The molecule has 0 saturated carbocycles. The van der Waals surface area contributed by atoms with Gasteiger partial charge in [-0.2, -0.15) is 0 Å². The molecular formula is C23H28N3O3. The Bertz CT molecular complexity index is 804. The van der Waals surface area contributed by atoms with E-state index in [4.69, 9.17) is 4.74 Å². The molecule has 3 rings (SSSR count). The van der Waals surface area contributed by atoms with Crippen LogP contribution in [0.2, 0.25) is 0 Å². The quantitative estimate of drug-likeness (QED) is 0.549. The second-order valence-electron chi connectivity index (χ2n) is 7.20. The number of nitrogens with one attached hydrogen (secondary N) is 1. The number of amides is 1. The summed E-state index contributed by atoms with van der Waals surface area (Å²) in [6.07, 6.45) is 8.71. The van der Waals surface area contributed by atoms with Gasteiger partial charge in [0.15, 0.2) is 6.17 Å². The molecule has 1 aliphatic rings. The van der Waals surface area contributed by atoms with E-state index in [9.17, 15) is 9.59 Å². The normalized spacial score (nSPS) is 15.5. The maximum atomic E-state index is 13.1. The van der Waals surface area contributed by atoms with Crippen LogP contribution in [0.15, 0.2) is 42.6 Å². The summed E-state index contributed by atoms with van der Waals surface area (Å²) in [4.78, 5) is 31.9. The molecule has 0 spiro atoms. The minimum absolute atomic E-state index is 0.305. The van der Waals surface area contributed by atoms with E-state index in [1.807, 2.05) is 42.2 Å².